The van der Waals surface area contributed by atoms with E-state index in [-0.39, 0.29) is 11.7 Å². The Hall–Kier alpha value is -3.59. The second-order valence-corrected chi connectivity index (χ2v) is 6.79. The minimum absolute atomic E-state index is 0.00998. The Kier molecular flexibility index (Phi) is 6.87. The van der Waals surface area contributed by atoms with Gasteiger partial charge in [-0.3, -0.25) is 14.9 Å². The Morgan fingerprint density at radius 2 is 1.87 bits per heavy atom. The van der Waals surface area contributed by atoms with Gasteiger partial charge < -0.3 is 10.1 Å². The van der Waals surface area contributed by atoms with E-state index in [1.54, 1.807) is 61.0 Å². The summed E-state index contributed by atoms with van der Waals surface area (Å²) < 4.78 is 29.7. The maximum absolute atomic E-state index is 12.6. The molecule has 0 bridgehead atoms. The largest absolute Gasteiger partial charge is 0.434 e. The number of anilines is 1. The van der Waals surface area contributed by atoms with E-state index in [4.69, 9.17) is 0 Å². The summed E-state index contributed by atoms with van der Waals surface area (Å²) >= 11 is 1.17. The van der Waals surface area contributed by atoms with Crippen LogP contribution >= 0.6 is 11.3 Å². The van der Waals surface area contributed by atoms with Gasteiger partial charge >= 0.3 is 6.61 Å². The highest BCUT2D eigenvalue weighted by Gasteiger charge is 2.14. The predicted octanol–water partition coefficient (Wildman–Crippen LogP) is 4.42. The molecule has 0 radical (unpaired) electrons. The third-order valence-electron chi connectivity index (χ3n) is 3.94. The highest BCUT2D eigenvalue weighted by atomic mass is 32.1. The smallest absolute Gasteiger partial charge is 0.387 e. The summed E-state index contributed by atoms with van der Waals surface area (Å²) in [5.41, 5.74) is 2.09. The van der Waals surface area contributed by atoms with Gasteiger partial charge in [-0.1, -0.05) is 24.3 Å². The number of halogens is 2. The second-order valence-electron chi connectivity index (χ2n) is 5.94. The van der Waals surface area contributed by atoms with E-state index in [0.717, 1.165) is 5.56 Å². The normalized spacial score (nSPS) is 10.9. The predicted molar refractivity (Wildman–Crippen MR) is 112 cm³/mol. The van der Waals surface area contributed by atoms with Crippen LogP contribution in [-0.4, -0.2) is 30.5 Å². The van der Waals surface area contributed by atoms with Crippen molar-refractivity contribution in [2.24, 2.45) is 0 Å². The number of hydrogen-bond donors (Lipinski definition) is 2. The molecule has 9 heteroatoms. The average molecular weight is 429 g/mol. The number of carbonyl (C=O) groups is 2. The van der Waals surface area contributed by atoms with Gasteiger partial charge in [-0.15, -0.1) is 11.3 Å². The molecule has 0 aliphatic heterocycles. The molecule has 0 fully saturated rings. The molecule has 2 amide bonds. The molecular formula is C21H17F2N3O3S. The fraction of sp³-hybridized carbons (Fsp3) is 0.0952. The van der Waals surface area contributed by atoms with Gasteiger partial charge in [0.1, 0.15) is 5.75 Å². The van der Waals surface area contributed by atoms with Crippen molar-refractivity contribution in [2.45, 2.75) is 6.61 Å². The number of thiazole rings is 1. The molecule has 3 rings (SSSR count). The first-order valence-corrected chi connectivity index (χ1v) is 9.65. The summed E-state index contributed by atoms with van der Waals surface area (Å²) in [6.07, 6.45) is 2.94. The first-order chi connectivity index (χ1) is 14.5. The molecule has 3 aromatic rings. The Bertz CT molecular complexity index is 1070. The molecule has 30 heavy (non-hydrogen) atoms. The molecule has 6 nitrogen and oxygen atoms in total. The lowest BCUT2D eigenvalue weighted by molar-refractivity contribution is -0.111. The summed E-state index contributed by atoms with van der Waals surface area (Å²) in [5.74, 6) is -0.581. The van der Waals surface area contributed by atoms with Gasteiger partial charge in [0, 0.05) is 29.6 Å². The van der Waals surface area contributed by atoms with Crippen LogP contribution in [0.3, 0.4) is 0 Å². The van der Waals surface area contributed by atoms with E-state index < -0.39 is 12.5 Å². The molecule has 2 N–H and O–H groups in total. The molecule has 1 aromatic heterocycles. The topological polar surface area (TPSA) is 80.3 Å². The average Bonchev–Trinajstić information content (AvgIpc) is 3.20. The van der Waals surface area contributed by atoms with Crippen molar-refractivity contribution < 1.29 is 23.1 Å². The summed E-state index contributed by atoms with van der Waals surface area (Å²) in [6.45, 7) is -2.94. The molecule has 2 aromatic carbocycles. The van der Waals surface area contributed by atoms with Crippen molar-refractivity contribution in [2.75, 3.05) is 12.4 Å². The number of alkyl halides is 2. The number of aromatic nitrogens is 1. The van der Waals surface area contributed by atoms with Crippen molar-refractivity contribution in [1.29, 1.82) is 0 Å². The standard InChI is InChI=1S/C21H17F2N3O3S/c1-24-19(28)14-9-6-13(7-10-14)8-11-18(27)26-21-25-16(12-30-21)15-4-2-3-5-17(15)29-20(22)23/h2-12,20H,1H3,(H,24,28)(H,25,26,27)/b11-8+. The molecule has 1 heterocycles. The van der Waals surface area contributed by atoms with Crippen LogP contribution in [0.15, 0.2) is 60.0 Å². The number of nitrogens with zero attached hydrogens (tertiary/aromatic N) is 1. The summed E-state index contributed by atoms with van der Waals surface area (Å²) in [7, 11) is 1.55. The highest BCUT2D eigenvalue weighted by Crippen LogP contribution is 2.32. The lowest BCUT2D eigenvalue weighted by atomic mass is 10.1. The molecule has 0 saturated heterocycles. The van der Waals surface area contributed by atoms with Gasteiger partial charge in [0.2, 0.25) is 5.91 Å². The van der Waals surface area contributed by atoms with E-state index in [9.17, 15) is 18.4 Å². The van der Waals surface area contributed by atoms with Crippen LogP contribution in [-0.2, 0) is 4.79 Å². The molecular weight excluding hydrogens is 412 g/mol. The van der Waals surface area contributed by atoms with E-state index in [1.165, 1.54) is 23.5 Å². The van der Waals surface area contributed by atoms with Crippen LogP contribution in [0.4, 0.5) is 13.9 Å². The van der Waals surface area contributed by atoms with Gasteiger partial charge in [-0.25, -0.2) is 4.98 Å². The van der Waals surface area contributed by atoms with Crippen molar-refractivity contribution in [1.82, 2.24) is 10.3 Å². The van der Waals surface area contributed by atoms with Crippen LogP contribution in [0.5, 0.6) is 5.75 Å². The number of hydrogen-bond acceptors (Lipinski definition) is 5. The van der Waals surface area contributed by atoms with Gasteiger partial charge in [-0.05, 0) is 35.9 Å². The van der Waals surface area contributed by atoms with E-state index >= 15 is 0 Å². The van der Waals surface area contributed by atoms with Crippen molar-refractivity contribution in [3.8, 4) is 17.0 Å². The van der Waals surface area contributed by atoms with E-state index in [0.29, 0.717) is 22.0 Å². The van der Waals surface area contributed by atoms with Crippen LogP contribution in [0.25, 0.3) is 17.3 Å². The zero-order valence-corrected chi connectivity index (χ0v) is 16.6. The van der Waals surface area contributed by atoms with Gasteiger partial charge in [0.25, 0.3) is 5.91 Å². The van der Waals surface area contributed by atoms with Crippen LogP contribution in [0, 0.1) is 0 Å². The quantitative estimate of drug-likeness (QED) is 0.545. The Morgan fingerprint density at radius 1 is 1.13 bits per heavy atom. The Labute approximate surface area is 175 Å². The van der Waals surface area contributed by atoms with Crippen molar-refractivity contribution in [3.05, 3.63) is 71.1 Å². The van der Waals surface area contributed by atoms with Gasteiger partial charge in [-0.2, -0.15) is 8.78 Å². The fourth-order valence-corrected chi connectivity index (χ4v) is 3.25. The molecule has 0 unspecified atom stereocenters. The second kappa shape index (κ2) is 9.75. The SMILES string of the molecule is CNC(=O)c1ccc(/C=C/C(=O)Nc2nc(-c3ccccc3OC(F)F)cs2)cc1. The molecule has 154 valence electrons. The molecule has 0 saturated carbocycles. The number of rotatable bonds is 7. The Balaban J connectivity index is 1.65. The number of nitrogens with one attached hydrogen (secondary N) is 2. The first-order valence-electron chi connectivity index (χ1n) is 8.77. The Morgan fingerprint density at radius 3 is 2.57 bits per heavy atom. The maximum atomic E-state index is 12.6. The molecule has 0 spiro atoms. The monoisotopic (exact) mass is 429 g/mol. The summed E-state index contributed by atoms with van der Waals surface area (Å²) in [4.78, 5) is 27.9. The molecule has 0 aliphatic carbocycles. The van der Waals surface area contributed by atoms with Crippen LogP contribution < -0.4 is 15.4 Å². The number of carbonyl (C=O) groups excluding carboxylic acids is 2. The number of amides is 2. The summed E-state index contributed by atoms with van der Waals surface area (Å²) in [5, 5.41) is 7.13. The molecule has 0 aliphatic rings. The highest BCUT2D eigenvalue weighted by molar-refractivity contribution is 7.14. The van der Waals surface area contributed by atoms with Gasteiger partial charge in [0.15, 0.2) is 5.13 Å². The number of ether oxygens (including phenoxy) is 1. The van der Waals surface area contributed by atoms with E-state index in [2.05, 4.69) is 20.4 Å². The van der Waals surface area contributed by atoms with Crippen LogP contribution in [0.2, 0.25) is 0 Å². The van der Waals surface area contributed by atoms with Gasteiger partial charge in [0.05, 0.1) is 5.69 Å². The minimum Gasteiger partial charge on any atom is -0.434 e. The first kappa shape index (κ1) is 21.1. The zero-order valence-electron chi connectivity index (χ0n) is 15.8. The summed E-state index contributed by atoms with van der Waals surface area (Å²) in [6, 6.07) is 13.1. The van der Waals surface area contributed by atoms with Crippen LogP contribution in [0.1, 0.15) is 15.9 Å². The minimum atomic E-state index is -2.94. The molecule has 0 atom stereocenters. The van der Waals surface area contributed by atoms with Crippen molar-refractivity contribution in [3.63, 3.8) is 0 Å². The number of para-hydroxylation sites is 1. The fourth-order valence-electron chi connectivity index (χ4n) is 2.54. The number of benzene rings is 2. The zero-order chi connectivity index (χ0) is 21.5. The van der Waals surface area contributed by atoms with Crippen molar-refractivity contribution >= 4 is 34.4 Å². The third kappa shape index (κ3) is 5.48. The maximum Gasteiger partial charge on any atom is 0.387 e. The van der Waals surface area contributed by atoms with E-state index in [1.807, 2.05) is 0 Å². The third-order valence-corrected chi connectivity index (χ3v) is 4.70. The lowest BCUT2D eigenvalue weighted by Gasteiger charge is -2.08. The lowest BCUT2D eigenvalue weighted by Crippen LogP contribution is -2.17.